The van der Waals surface area contributed by atoms with Crippen LogP contribution in [0.3, 0.4) is 0 Å². The molecule has 0 spiro atoms. The van der Waals surface area contributed by atoms with E-state index in [0.29, 0.717) is 44.1 Å². The van der Waals surface area contributed by atoms with Gasteiger partial charge in [0.05, 0.1) is 26.4 Å². The second-order valence-corrected chi connectivity index (χ2v) is 6.29. The molecular weight excluding hydrogens is 254 g/mol. The maximum atomic E-state index is 11.9. The van der Waals surface area contributed by atoms with Crippen LogP contribution in [0, 0.1) is 17.8 Å². The van der Waals surface area contributed by atoms with Crippen LogP contribution < -0.4 is 0 Å². The highest BCUT2D eigenvalue weighted by molar-refractivity contribution is 5.71. The average Bonchev–Trinajstić information content (AvgIpc) is 2.38. The standard InChI is InChI=1S/C16H27NO3/c1-12-8-13(2)15(14(3)9-12)11-20-16(18)10-17-4-6-19-7-5-17/h8,13-15H,4-7,9-11H2,1-3H3/t13-,14+,15+/m1/s1. The quantitative estimate of drug-likeness (QED) is 0.584. The lowest BCUT2D eigenvalue weighted by Gasteiger charge is -2.33. The molecule has 4 nitrogen and oxygen atoms in total. The second-order valence-electron chi connectivity index (χ2n) is 6.29. The van der Waals surface area contributed by atoms with E-state index in [2.05, 4.69) is 31.7 Å². The van der Waals surface area contributed by atoms with Crippen LogP contribution in [-0.4, -0.2) is 50.3 Å². The Kier molecular flexibility index (Phi) is 5.61. The molecule has 1 aliphatic heterocycles. The highest BCUT2D eigenvalue weighted by atomic mass is 16.5. The van der Waals surface area contributed by atoms with Crippen molar-refractivity contribution in [2.45, 2.75) is 27.2 Å². The predicted molar refractivity (Wildman–Crippen MR) is 78.4 cm³/mol. The molecule has 3 atom stereocenters. The zero-order valence-electron chi connectivity index (χ0n) is 12.9. The summed E-state index contributed by atoms with van der Waals surface area (Å²) in [5, 5.41) is 0. The van der Waals surface area contributed by atoms with E-state index < -0.39 is 0 Å². The van der Waals surface area contributed by atoms with Gasteiger partial charge in [0.2, 0.25) is 0 Å². The fourth-order valence-electron chi connectivity index (χ4n) is 3.31. The zero-order chi connectivity index (χ0) is 14.5. The molecule has 2 rings (SSSR count). The number of rotatable bonds is 4. The molecule has 0 saturated carbocycles. The van der Waals surface area contributed by atoms with Crippen molar-refractivity contribution >= 4 is 5.97 Å². The number of hydrogen-bond donors (Lipinski definition) is 0. The molecule has 20 heavy (non-hydrogen) atoms. The van der Waals surface area contributed by atoms with Gasteiger partial charge in [-0.3, -0.25) is 9.69 Å². The van der Waals surface area contributed by atoms with Crippen LogP contribution in [0.5, 0.6) is 0 Å². The molecule has 2 aliphatic rings. The van der Waals surface area contributed by atoms with Gasteiger partial charge in [-0.25, -0.2) is 0 Å². The third-order valence-electron chi connectivity index (χ3n) is 4.49. The molecule has 0 radical (unpaired) electrons. The third-order valence-corrected chi connectivity index (χ3v) is 4.49. The Balaban J connectivity index is 1.75. The minimum Gasteiger partial charge on any atom is -0.464 e. The Morgan fingerprint density at radius 2 is 2.10 bits per heavy atom. The van der Waals surface area contributed by atoms with Gasteiger partial charge in [0, 0.05) is 19.0 Å². The van der Waals surface area contributed by atoms with Gasteiger partial charge in [-0.2, -0.15) is 0 Å². The average molecular weight is 281 g/mol. The summed E-state index contributed by atoms with van der Waals surface area (Å²) in [6, 6.07) is 0. The molecule has 1 saturated heterocycles. The van der Waals surface area contributed by atoms with Crippen molar-refractivity contribution in [1.82, 2.24) is 4.90 Å². The maximum absolute atomic E-state index is 11.9. The third kappa shape index (κ3) is 4.32. The topological polar surface area (TPSA) is 38.8 Å². The van der Waals surface area contributed by atoms with E-state index in [1.54, 1.807) is 0 Å². The number of esters is 1. The normalized spacial score (nSPS) is 31.8. The Labute approximate surface area is 122 Å². The fraction of sp³-hybridized carbons (Fsp3) is 0.812. The SMILES string of the molecule is CC1=C[C@@H](C)[C@H](COC(=O)CN2CCOCC2)[C@@H](C)C1. The van der Waals surface area contributed by atoms with Gasteiger partial charge in [0.15, 0.2) is 0 Å². The molecule has 0 aromatic carbocycles. The first-order valence-electron chi connectivity index (χ1n) is 7.69. The van der Waals surface area contributed by atoms with E-state index in [4.69, 9.17) is 9.47 Å². The van der Waals surface area contributed by atoms with Crippen LogP contribution in [0.25, 0.3) is 0 Å². The van der Waals surface area contributed by atoms with Gasteiger partial charge in [-0.15, -0.1) is 0 Å². The summed E-state index contributed by atoms with van der Waals surface area (Å²) < 4.78 is 10.8. The Bertz CT molecular complexity index is 361. The smallest absolute Gasteiger partial charge is 0.320 e. The number of ether oxygens (including phenoxy) is 2. The Morgan fingerprint density at radius 1 is 1.40 bits per heavy atom. The molecule has 1 heterocycles. The maximum Gasteiger partial charge on any atom is 0.320 e. The molecule has 0 bridgehead atoms. The van der Waals surface area contributed by atoms with Crippen LogP contribution in [0.4, 0.5) is 0 Å². The second kappa shape index (κ2) is 7.23. The number of allylic oxidation sites excluding steroid dienone is 2. The molecular formula is C16H27NO3. The van der Waals surface area contributed by atoms with Crippen molar-refractivity contribution in [3.63, 3.8) is 0 Å². The van der Waals surface area contributed by atoms with Crippen molar-refractivity contribution in [1.29, 1.82) is 0 Å². The van der Waals surface area contributed by atoms with Gasteiger partial charge in [-0.1, -0.05) is 25.5 Å². The monoisotopic (exact) mass is 281 g/mol. The number of carbonyl (C=O) groups is 1. The van der Waals surface area contributed by atoms with Crippen molar-refractivity contribution in [3.8, 4) is 0 Å². The summed E-state index contributed by atoms with van der Waals surface area (Å²) in [6.45, 7) is 10.7. The molecule has 114 valence electrons. The highest BCUT2D eigenvalue weighted by Crippen LogP contribution is 2.33. The molecule has 1 fully saturated rings. The van der Waals surface area contributed by atoms with Gasteiger partial charge >= 0.3 is 5.97 Å². The number of carbonyl (C=O) groups excluding carboxylic acids is 1. The van der Waals surface area contributed by atoms with E-state index in [1.165, 1.54) is 5.57 Å². The van der Waals surface area contributed by atoms with E-state index in [0.717, 1.165) is 19.5 Å². The van der Waals surface area contributed by atoms with Crippen LogP contribution in [0.1, 0.15) is 27.2 Å². The lowest BCUT2D eigenvalue weighted by atomic mass is 9.75. The summed E-state index contributed by atoms with van der Waals surface area (Å²) in [6.07, 6.45) is 3.44. The van der Waals surface area contributed by atoms with Crippen molar-refractivity contribution in [2.75, 3.05) is 39.5 Å². The zero-order valence-corrected chi connectivity index (χ0v) is 12.9. The minimum atomic E-state index is -0.0995. The lowest BCUT2D eigenvalue weighted by Crippen LogP contribution is -2.40. The summed E-state index contributed by atoms with van der Waals surface area (Å²) in [5.41, 5.74) is 1.46. The molecule has 0 unspecified atom stereocenters. The summed E-state index contributed by atoms with van der Waals surface area (Å²) >= 11 is 0. The highest BCUT2D eigenvalue weighted by Gasteiger charge is 2.28. The minimum absolute atomic E-state index is 0.0995. The molecule has 0 aromatic heterocycles. The summed E-state index contributed by atoms with van der Waals surface area (Å²) in [4.78, 5) is 14.0. The van der Waals surface area contributed by atoms with Crippen LogP contribution in [0.15, 0.2) is 11.6 Å². The van der Waals surface area contributed by atoms with Crippen LogP contribution >= 0.6 is 0 Å². The van der Waals surface area contributed by atoms with Crippen molar-refractivity contribution in [3.05, 3.63) is 11.6 Å². The van der Waals surface area contributed by atoms with Gasteiger partial charge < -0.3 is 9.47 Å². The number of hydrogen-bond acceptors (Lipinski definition) is 4. The predicted octanol–water partition coefficient (Wildman–Crippen LogP) is 2.10. The first kappa shape index (κ1) is 15.5. The van der Waals surface area contributed by atoms with Gasteiger partial charge in [0.1, 0.15) is 0 Å². The van der Waals surface area contributed by atoms with Gasteiger partial charge in [0.25, 0.3) is 0 Å². The van der Waals surface area contributed by atoms with Crippen LogP contribution in [0.2, 0.25) is 0 Å². The molecule has 4 heteroatoms. The largest absolute Gasteiger partial charge is 0.464 e. The van der Waals surface area contributed by atoms with Crippen LogP contribution in [-0.2, 0) is 14.3 Å². The van der Waals surface area contributed by atoms with E-state index in [9.17, 15) is 4.79 Å². The van der Waals surface area contributed by atoms with E-state index >= 15 is 0 Å². The van der Waals surface area contributed by atoms with Crippen molar-refractivity contribution in [2.24, 2.45) is 17.8 Å². The lowest BCUT2D eigenvalue weighted by molar-refractivity contribution is -0.148. The van der Waals surface area contributed by atoms with Gasteiger partial charge in [-0.05, 0) is 25.2 Å². The first-order valence-corrected chi connectivity index (χ1v) is 7.69. The molecule has 0 aromatic rings. The Morgan fingerprint density at radius 3 is 2.75 bits per heavy atom. The summed E-state index contributed by atoms with van der Waals surface area (Å²) in [5.74, 6) is 1.44. The first-order chi connectivity index (χ1) is 9.56. The van der Waals surface area contributed by atoms with E-state index in [-0.39, 0.29) is 5.97 Å². The number of morpholine rings is 1. The molecule has 1 aliphatic carbocycles. The molecule has 0 amide bonds. The molecule has 0 N–H and O–H groups in total. The Hall–Kier alpha value is -0.870. The van der Waals surface area contributed by atoms with E-state index in [1.807, 2.05) is 0 Å². The number of nitrogens with zero attached hydrogens (tertiary/aromatic N) is 1. The van der Waals surface area contributed by atoms with Crippen molar-refractivity contribution < 1.29 is 14.3 Å². The fourth-order valence-corrected chi connectivity index (χ4v) is 3.31. The summed E-state index contributed by atoms with van der Waals surface area (Å²) in [7, 11) is 0.